The number of rotatable bonds is 2. The summed E-state index contributed by atoms with van der Waals surface area (Å²) in [5.41, 5.74) is -1.15. The summed E-state index contributed by atoms with van der Waals surface area (Å²) in [4.78, 5) is 0. The van der Waals surface area contributed by atoms with E-state index in [4.69, 9.17) is 18.2 Å². The molecule has 5 fully saturated rings. The first-order valence-electron chi connectivity index (χ1n) is 8.08. The van der Waals surface area contributed by atoms with Crippen LogP contribution in [0.3, 0.4) is 0 Å². The van der Waals surface area contributed by atoms with Crippen LogP contribution in [-0.4, -0.2) is 49.4 Å². The summed E-state index contributed by atoms with van der Waals surface area (Å²) < 4.78 is 101. The number of hydrogen-bond donors (Lipinski definition) is 1. The van der Waals surface area contributed by atoms with Crippen molar-refractivity contribution in [3.63, 3.8) is 0 Å². The van der Waals surface area contributed by atoms with Crippen LogP contribution in [0.25, 0.3) is 0 Å². The number of alkyl halides is 4. The Morgan fingerprint density at radius 1 is 0.920 bits per heavy atom. The summed E-state index contributed by atoms with van der Waals surface area (Å²) in [5, 5.41) is 0. The van der Waals surface area contributed by atoms with Gasteiger partial charge in [-0.15, -0.1) is 0 Å². The van der Waals surface area contributed by atoms with Crippen molar-refractivity contribution in [2.75, 3.05) is 13.2 Å². The van der Waals surface area contributed by atoms with Gasteiger partial charge in [-0.1, -0.05) is 0 Å². The lowest BCUT2D eigenvalue weighted by atomic mass is 9.51. The maximum Gasteiger partial charge on any atom is 0.397 e. The Labute approximate surface area is 141 Å². The normalized spacial score (nSPS) is 44.0. The van der Waals surface area contributed by atoms with E-state index in [-0.39, 0.29) is 18.8 Å². The molecule has 4 bridgehead atoms. The van der Waals surface area contributed by atoms with Crippen molar-refractivity contribution in [2.24, 2.45) is 17.8 Å². The summed E-state index contributed by atoms with van der Waals surface area (Å²) in [6.45, 7) is -2.91. The summed E-state index contributed by atoms with van der Waals surface area (Å²) >= 11 is 0. The summed E-state index contributed by atoms with van der Waals surface area (Å²) in [5.74, 6) is -11.3. The average molecular weight is 390 g/mol. The van der Waals surface area contributed by atoms with E-state index in [1.165, 1.54) is 0 Å². The Hall–Kier alpha value is -0.490. The first kappa shape index (κ1) is 17.9. The molecule has 0 aromatic heterocycles. The third kappa shape index (κ3) is 2.70. The molecule has 2 atom stereocenters. The standard InChI is InChI=1S/C14H18F4O6S/c15-12(16)6-22-14(23-7-13(12,17)18)9-1-8-2-10(14)5-11(3-8,4-9)24-25(19,20)21/h8-10H,1-7H2,(H,19,20,21). The molecule has 1 spiro atoms. The Bertz CT molecular complexity index is 645. The van der Waals surface area contributed by atoms with Gasteiger partial charge in [0, 0.05) is 11.8 Å². The molecule has 1 saturated heterocycles. The Balaban J connectivity index is 1.64. The van der Waals surface area contributed by atoms with Crippen LogP contribution in [0.15, 0.2) is 0 Å². The summed E-state index contributed by atoms with van der Waals surface area (Å²) in [7, 11) is -4.69. The molecule has 6 nitrogen and oxygen atoms in total. The van der Waals surface area contributed by atoms with Crippen molar-refractivity contribution in [3.8, 4) is 0 Å². The largest absolute Gasteiger partial charge is 0.397 e. The van der Waals surface area contributed by atoms with Crippen molar-refractivity contribution in [1.82, 2.24) is 0 Å². The van der Waals surface area contributed by atoms with Crippen molar-refractivity contribution in [3.05, 3.63) is 0 Å². The monoisotopic (exact) mass is 390 g/mol. The van der Waals surface area contributed by atoms with E-state index in [2.05, 4.69) is 0 Å². The smallest absolute Gasteiger partial charge is 0.343 e. The lowest BCUT2D eigenvalue weighted by Crippen LogP contribution is -2.66. The van der Waals surface area contributed by atoms with Gasteiger partial charge in [0.25, 0.3) is 0 Å². The van der Waals surface area contributed by atoms with Gasteiger partial charge in [-0.05, 0) is 38.0 Å². The SMILES string of the molecule is O=S(=O)(O)OC12CC3CC(C1)C1(OCC(F)(F)C(F)(F)CO1)C(C3)C2. The predicted octanol–water partition coefficient (Wildman–Crippen LogP) is 2.40. The molecule has 0 aromatic carbocycles. The molecule has 0 aromatic rings. The Morgan fingerprint density at radius 2 is 1.40 bits per heavy atom. The van der Waals surface area contributed by atoms with Crippen molar-refractivity contribution < 1.29 is 44.2 Å². The van der Waals surface area contributed by atoms with Gasteiger partial charge in [-0.3, -0.25) is 4.55 Å². The van der Waals surface area contributed by atoms with Gasteiger partial charge >= 0.3 is 22.2 Å². The minimum atomic E-state index is -4.69. The van der Waals surface area contributed by atoms with E-state index in [1.54, 1.807) is 0 Å². The van der Waals surface area contributed by atoms with E-state index in [0.29, 0.717) is 19.3 Å². The molecule has 2 unspecified atom stereocenters. The lowest BCUT2D eigenvalue weighted by molar-refractivity contribution is -0.351. The quantitative estimate of drug-likeness (QED) is 0.576. The molecule has 4 aliphatic carbocycles. The van der Waals surface area contributed by atoms with Crippen LogP contribution in [-0.2, 0) is 24.1 Å². The first-order chi connectivity index (χ1) is 11.4. The molecule has 0 radical (unpaired) electrons. The zero-order valence-corrected chi connectivity index (χ0v) is 13.9. The predicted molar refractivity (Wildman–Crippen MR) is 73.4 cm³/mol. The Morgan fingerprint density at radius 3 is 1.84 bits per heavy atom. The topological polar surface area (TPSA) is 82.1 Å². The summed E-state index contributed by atoms with van der Waals surface area (Å²) in [6.07, 6.45) is 1.55. The van der Waals surface area contributed by atoms with Crippen LogP contribution in [0, 0.1) is 17.8 Å². The average Bonchev–Trinajstić information content (AvgIpc) is 2.51. The second-order valence-electron chi connectivity index (χ2n) is 7.75. The highest BCUT2D eigenvalue weighted by Crippen LogP contribution is 2.63. The second-order valence-corrected chi connectivity index (χ2v) is 8.77. The lowest BCUT2D eigenvalue weighted by Gasteiger charge is -2.62. The molecular weight excluding hydrogens is 372 g/mol. The van der Waals surface area contributed by atoms with E-state index >= 15 is 0 Å². The number of hydrogen-bond acceptors (Lipinski definition) is 5. The molecular formula is C14H18F4O6S. The summed E-state index contributed by atoms with van der Waals surface area (Å²) in [6, 6.07) is 0. The number of halogens is 4. The van der Waals surface area contributed by atoms with Crippen molar-refractivity contribution in [2.45, 2.75) is 55.3 Å². The van der Waals surface area contributed by atoms with Gasteiger partial charge in [0.15, 0.2) is 5.79 Å². The van der Waals surface area contributed by atoms with Gasteiger partial charge in [0.05, 0.1) is 5.60 Å². The van der Waals surface area contributed by atoms with Gasteiger partial charge in [0.1, 0.15) is 13.2 Å². The molecule has 11 heteroatoms. The zero-order chi connectivity index (χ0) is 18.3. The van der Waals surface area contributed by atoms with Gasteiger partial charge in [0.2, 0.25) is 0 Å². The van der Waals surface area contributed by atoms with E-state index < -0.39 is 58.7 Å². The fourth-order valence-corrected chi connectivity index (χ4v) is 5.96. The van der Waals surface area contributed by atoms with Crippen LogP contribution < -0.4 is 0 Å². The minimum Gasteiger partial charge on any atom is -0.343 e. The van der Waals surface area contributed by atoms with Crippen LogP contribution in [0.4, 0.5) is 17.6 Å². The van der Waals surface area contributed by atoms with Crippen LogP contribution in [0.1, 0.15) is 32.1 Å². The second kappa shape index (κ2) is 5.06. The van der Waals surface area contributed by atoms with Crippen molar-refractivity contribution in [1.29, 1.82) is 0 Å². The first-order valence-corrected chi connectivity index (χ1v) is 9.45. The number of ether oxygens (including phenoxy) is 2. The molecule has 1 N–H and O–H groups in total. The molecule has 5 rings (SSSR count). The third-order valence-electron chi connectivity index (χ3n) is 6.05. The fraction of sp³-hybridized carbons (Fsp3) is 1.00. The van der Waals surface area contributed by atoms with Gasteiger partial charge < -0.3 is 9.47 Å². The molecule has 25 heavy (non-hydrogen) atoms. The zero-order valence-electron chi connectivity index (χ0n) is 13.1. The highest BCUT2D eigenvalue weighted by Gasteiger charge is 2.69. The fourth-order valence-electron chi connectivity index (χ4n) is 5.31. The molecule has 0 amide bonds. The highest BCUT2D eigenvalue weighted by atomic mass is 32.3. The minimum absolute atomic E-state index is 0.0429. The van der Waals surface area contributed by atoms with Crippen LogP contribution >= 0.6 is 0 Å². The van der Waals surface area contributed by atoms with Gasteiger partial charge in [-0.2, -0.15) is 26.0 Å². The van der Waals surface area contributed by atoms with Crippen LogP contribution in [0.5, 0.6) is 0 Å². The Kier molecular flexibility index (Phi) is 3.62. The van der Waals surface area contributed by atoms with E-state index in [0.717, 1.165) is 0 Å². The maximum atomic E-state index is 13.6. The van der Waals surface area contributed by atoms with E-state index in [9.17, 15) is 26.0 Å². The molecule has 144 valence electrons. The van der Waals surface area contributed by atoms with Crippen LogP contribution in [0.2, 0.25) is 0 Å². The van der Waals surface area contributed by atoms with Crippen molar-refractivity contribution >= 4 is 10.4 Å². The maximum absolute atomic E-state index is 13.6. The molecule has 5 aliphatic rings. The van der Waals surface area contributed by atoms with Gasteiger partial charge in [-0.25, -0.2) is 4.18 Å². The highest BCUT2D eigenvalue weighted by molar-refractivity contribution is 7.80. The third-order valence-corrected chi connectivity index (χ3v) is 6.61. The molecule has 4 saturated carbocycles. The molecule has 1 heterocycles. The van der Waals surface area contributed by atoms with E-state index in [1.807, 2.05) is 0 Å². The molecule has 1 aliphatic heterocycles.